The molecular weight excluding hydrogens is 250 g/mol. The van der Waals surface area contributed by atoms with E-state index in [2.05, 4.69) is 5.32 Å². The van der Waals surface area contributed by atoms with Crippen molar-refractivity contribution in [2.45, 2.75) is 6.42 Å². The standard InChI is InChI=1S/C12H15N3O4/c16-12(17)9-2-3-10(11(8-9)15(18)19)14-6-1-4-13-5-7-14/h2-3,8,13H,1,4-7H2,(H,16,17). The first-order valence-electron chi connectivity index (χ1n) is 6.07. The molecule has 0 aliphatic carbocycles. The molecule has 1 saturated heterocycles. The van der Waals surface area contributed by atoms with Crippen LogP contribution in [0.1, 0.15) is 16.8 Å². The summed E-state index contributed by atoms with van der Waals surface area (Å²) in [6.07, 6.45) is 0.901. The van der Waals surface area contributed by atoms with Gasteiger partial charge in [0.15, 0.2) is 0 Å². The number of nitrogens with one attached hydrogen (secondary N) is 1. The van der Waals surface area contributed by atoms with Crippen molar-refractivity contribution in [2.24, 2.45) is 0 Å². The molecule has 1 aliphatic heterocycles. The zero-order valence-corrected chi connectivity index (χ0v) is 10.3. The Morgan fingerprint density at radius 2 is 2.16 bits per heavy atom. The Morgan fingerprint density at radius 3 is 2.84 bits per heavy atom. The van der Waals surface area contributed by atoms with Crippen molar-refractivity contribution in [3.05, 3.63) is 33.9 Å². The molecule has 1 fully saturated rings. The summed E-state index contributed by atoms with van der Waals surface area (Å²) in [4.78, 5) is 23.4. The Balaban J connectivity index is 2.37. The fraction of sp³-hybridized carbons (Fsp3) is 0.417. The zero-order chi connectivity index (χ0) is 13.8. The van der Waals surface area contributed by atoms with E-state index in [1.165, 1.54) is 12.1 Å². The van der Waals surface area contributed by atoms with Crippen LogP contribution in [-0.4, -0.2) is 42.2 Å². The van der Waals surface area contributed by atoms with Crippen molar-refractivity contribution in [3.63, 3.8) is 0 Å². The Hall–Kier alpha value is -2.15. The first-order valence-corrected chi connectivity index (χ1v) is 6.07. The average Bonchev–Trinajstić information content (AvgIpc) is 2.66. The number of rotatable bonds is 3. The second-order valence-electron chi connectivity index (χ2n) is 4.36. The summed E-state index contributed by atoms with van der Waals surface area (Å²) in [6, 6.07) is 4.05. The molecule has 102 valence electrons. The molecule has 7 nitrogen and oxygen atoms in total. The average molecular weight is 265 g/mol. The van der Waals surface area contributed by atoms with E-state index in [0.29, 0.717) is 12.2 Å². The van der Waals surface area contributed by atoms with Gasteiger partial charge in [-0.2, -0.15) is 0 Å². The van der Waals surface area contributed by atoms with Crippen molar-refractivity contribution in [2.75, 3.05) is 31.1 Å². The maximum atomic E-state index is 11.1. The Kier molecular flexibility index (Phi) is 3.96. The largest absolute Gasteiger partial charge is 0.478 e. The Labute approximate surface area is 110 Å². The minimum absolute atomic E-state index is 0.0663. The van der Waals surface area contributed by atoms with Gasteiger partial charge < -0.3 is 15.3 Å². The minimum atomic E-state index is -1.16. The third-order valence-electron chi connectivity index (χ3n) is 3.10. The number of carboxylic acids is 1. The first kappa shape index (κ1) is 13.3. The smallest absolute Gasteiger partial charge is 0.335 e. The van der Waals surface area contributed by atoms with Crippen molar-refractivity contribution in [3.8, 4) is 0 Å². The van der Waals surface area contributed by atoms with Gasteiger partial charge in [-0.15, -0.1) is 0 Å². The molecular formula is C12H15N3O4. The van der Waals surface area contributed by atoms with Crippen LogP contribution in [0.3, 0.4) is 0 Å². The highest BCUT2D eigenvalue weighted by Gasteiger charge is 2.22. The van der Waals surface area contributed by atoms with Gasteiger partial charge in [0, 0.05) is 25.7 Å². The van der Waals surface area contributed by atoms with Gasteiger partial charge >= 0.3 is 5.97 Å². The van der Waals surface area contributed by atoms with Crippen LogP contribution in [0, 0.1) is 10.1 Å². The van der Waals surface area contributed by atoms with E-state index < -0.39 is 10.9 Å². The van der Waals surface area contributed by atoms with Gasteiger partial charge in [-0.3, -0.25) is 10.1 Å². The van der Waals surface area contributed by atoms with E-state index in [4.69, 9.17) is 5.11 Å². The quantitative estimate of drug-likeness (QED) is 0.627. The molecule has 0 saturated carbocycles. The first-order chi connectivity index (χ1) is 9.09. The van der Waals surface area contributed by atoms with Crippen LogP contribution < -0.4 is 10.2 Å². The van der Waals surface area contributed by atoms with E-state index >= 15 is 0 Å². The summed E-state index contributed by atoms with van der Waals surface area (Å²) in [5.74, 6) is -1.16. The van der Waals surface area contributed by atoms with Gasteiger partial charge in [-0.1, -0.05) is 0 Å². The van der Waals surface area contributed by atoms with E-state index in [0.717, 1.165) is 32.1 Å². The van der Waals surface area contributed by atoms with Crippen molar-refractivity contribution in [1.29, 1.82) is 0 Å². The minimum Gasteiger partial charge on any atom is -0.478 e. The summed E-state index contributed by atoms with van der Waals surface area (Å²) in [6.45, 7) is 3.04. The summed E-state index contributed by atoms with van der Waals surface area (Å²) in [7, 11) is 0. The number of anilines is 1. The van der Waals surface area contributed by atoms with Crippen molar-refractivity contribution in [1.82, 2.24) is 5.32 Å². The fourth-order valence-corrected chi connectivity index (χ4v) is 2.16. The van der Waals surface area contributed by atoms with Crippen LogP contribution in [-0.2, 0) is 0 Å². The van der Waals surface area contributed by atoms with E-state index in [1.807, 2.05) is 4.90 Å². The SMILES string of the molecule is O=C(O)c1ccc(N2CCCNCC2)c([N+](=O)[O-])c1. The predicted octanol–water partition coefficient (Wildman–Crippen LogP) is 1.09. The van der Waals surface area contributed by atoms with Crippen LogP contribution >= 0.6 is 0 Å². The molecule has 2 N–H and O–H groups in total. The molecule has 0 aromatic heterocycles. The van der Waals surface area contributed by atoms with E-state index in [9.17, 15) is 14.9 Å². The predicted molar refractivity (Wildman–Crippen MR) is 69.8 cm³/mol. The number of hydrogen-bond acceptors (Lipinski definition) is 5. The monoisotopic (exact) mass is 265 g/mol. The molecule has 0 bridgehead atoms. The van der Waals surface area contributed by atoms with Gasteiger partial charge in [0.2, 0.25) is 0 Å². The number of benzene rings is 1. The normalized spacial score (nSPS) is 15.9. The number of nitrogens with zero attached hydrogens (tertiary/aromatic N) is 2. The van der Waals surface area contributed by atoms with Gasteiger partial charge in [-0.25, -0.2) is 4.79 Å². The maximum absolute atomic E-state index is 11.1. The van der Waals surface area contributed by atoms with E-state index in [-0.39, 0.29) is 11.3 Å². The number of carboxylic acid groups (broad SMARTS) is 1. The molecule has 1 aliphatic rings. The lowest BCUT2D eigenvalue weighted by Gasteiger charge is -2.22. The van der Waals surface area contributed by atoms with Crippen LogP contribution in [0.15, 0.2) is 18.2 Å². The van der Waals surface area contributed by atoms with Crippen molar-refractivity contribution >= 4 is 17.3 Å². The van der Waals surface area contributed by atoms with Gasteiger partial charge in [0.05, 0.1) is 10.5 Å². The zero-order valence-electron chi connectivity index (χ0n) is 10.3. The highest BCUT2D eigenvalue weighted by atomic mass is 16.6. The molecule has 0 radical (unpaired) electrons. The second kappa shape index (κ2) is 5.66. The van der Waals surface area contributed by atoms with Gasteiger partial charge in [0.25, 0.3) is 5.69 Å². The van der Waals surface area contributed by atoms with Crippen LogP contribution in [0.5, 0.6) is 0 Å². The molecule has 7 heteroatoms. The fourth-order valence-electron chi connectivity index (χ4n) is 2.16. The molecule has 2 rings (SSSR count). The third-order valence-corrected chi connectivity index (χ3v) is 3.10. The summed E-state index contributed by atoms with van der Waals surface area (Å²) >= 11 is 0. The van der Waals surface area contributed by atoms with Crippen LogP contribution in [0.25, 0.3) is 0 Å². The molecule has 1 aromatic carbocycles. The Morgan fingerprint density at radius 1 is 1.37 bits per heavy atom. The summed E-state index contributed by atoms with van der Waals surface area (Å²) in [5, 5.41) is 23.2. The number of nitro benzene ring substituents is 1. The number of aromatic carboxylic acids is 1. The van der Waals surface area contributed by atoms with Crippen LogP contribution in [0.4, 0.5) is 11.4 Å². The molecule has 0 spiro atoms. The van der Waals surface area contributed by atoms with Crippen LogP contribution in [0.2, 0.25) is 0 Å². The summed E-state index contributed by atoms with van der Waals surface area (Å²) < 4.78 is 0. The lowest BCUT2D eigenvalue weighted by molar-refractivity contribution is -0.384. The summed E-state index contributed by atoms with van der Waals surface area (Å²) in [5.41, 5.74) is 0.267. The molecule has 0 atom stereocenters. The van der Waals surface area contributed by atoms with Gasteiger partial charge in [0.1, 0.15) is 5.69 Å². The molecule has 0 amide bonds. The number of nitro groups is 1. The van der Waals surface area contributed by atoms with E-state index in [1.54, 1.807) is 0 Å². The second-order valence-corrected chi connectivity index (χ2v) is 4.36. The number of carbonyl (C=O) groups is 1. The highest BCUT2D eigenvalue weighted by Crippen LogP contribution is 2.29. The maximum Gasteiger partial charge on any atom is 0.335 e. The lowest BCUT2D eigenvalue weighted by Crippen LogP contribution is -2.28. The molecule has 0 unspecified atom stereocenters. The number of hydrogen-bond donors (Lipinski definition) is 2. The molecule has 1 aromatic rings. The van der Waals surface area contributed by atoms with Gasteiger partial charge in [-0.05, 0) is 25.1 Å². The van der Waals surface area contributed by atoms with Crippen molar-refractivity contribution < 1.29 is 14.8 Å². The lowest BCUT2D eigenvalue weighted by atomic mass is 10.1. The molecule has 1 heterocycles. The Bertz CT molecular complexity index is 496. The topological polar surface area (TPSA) is 95.7 Å². The highest BCUT2D eigenvalue weighted by molar-refractivity contribution is 5.89. The third kappa shape index (κ3) is 3.00. The molecule has 19 heavy (non-hydrogen) atoms.